The molecule has 1 rings (SSSR count). The van der Waals surface area contributed by atoms with E-state index >= 15 is 0 Å². The number of ether oxygens (including phenoxy) is 4. The summed E-state index contributed by atoms with van der Waals surface area (Å²) in [6, 6.07) is 4.75. The summed E-state index contributed by atoms with van der Waals surface area (Å²) >= 11 is 0. The maximum atomic E-state index is 13.1. The van der Waals surface area contributed by atoms with Crippen molar-refractivity contribution in [2.24, 2.45) is 46.5 Å². The molecule has 0 aliphatic heterocycles. The summed E-state index contributed by atoms with van der Waals surface area (Å²) in [6.07, 6.45) is -0.539. The summed E-state index contributed by atoms with van der Waals surface area (Å²) in [5.41, 5.74) is 11.9. The van der Waals surface area contributed by atoms with E-state index in [0.29, 0.717) is 37.6 Å². The summed E-state index contributed by atoms with van der Waals surface area (Å²) in [5, 5.41) is 14.1. The minimum Gasteiger partial charge on any atom is -0.493 e. The molecule has 11 heteroatoms. The number of nitrogens with two attached hydrogens (primary N) is 2. The van der Waals surface area contributed by atoms with Crippen molar-refractivity contribution in [1.82, 2.24) is 5.32 Å². The van der Waals surface area contributed by atoms with Crippen molar-refractivity contribution in [3.8, 4) is 11.5 Å². The van der Waals surface area contributed by atoms with Gasteiger partial charge >= 0.3 is 5.97 Å². The second-order valence-electron chi connectivity index (χ2n) is 13.5. The molecule has 0 aromatic heterocycles. The van der Waals surface area contributed by atoms with Gasteiger partial charge in [-0.2, -0.15) is 0 Å². The first-order chi connectivity index (χ1) is 21.0. The molecule has 2 amide bonds. The smallest absolute Gasteiger partial charge is 0.308 e. The molecule has 0 saturated carbocycles. The van der Waals surface area contributed by atoms with Gasteiger partial charge in [-0.25, -0.2) is 0 Å². The van der Waals surface area contributed by atoms with E-state index in [-0.39, 0.29) is 48.5 Å². The molecule has 6 N–H and O–H groups in total. The third-order valence-corrected chi connectivity index (χ3v) is 8.27. The van der Waals surface area contributed by atoms with Crippen molar-refractivity contribution in [3.63, 3.8) is 0 Å². The van der Waals surface area contributed by atoms with Crippen LogP contribution in [0, 0.1) is 35.0 Å². The Labute approximate surface area is 270 Å². The molecule has 0 heterocycles. The third-order valence-electron chi connectivity index (χ3n) is 8.27. The maximum absolute atomic E-state index is 13.1. The predicted octanol–water partition coefficient (Wildman–Crippen LogP) is 3.99. The van der Waals surface area contributed by atoms with Crippen molar-refractivity contribution in [1.29, 1.82) is 0 Å². The molecule has 0 saturated heterocycles. The highest BCUT2D eigenvalue weighted by atomic mass is 16.5. The Bertz CT molecular complexity index is 1080. The molecular formula is C34H59N3O8. The first-order valence-corrected chi connectivity index (χ1v) is 16.0. The summed E-state index contributed by atoms with van der Waals surface area (Å²) < 4.78 is 22.8. The summed E-state index contributed by atoms with van der Waals surface area (Å²) in [4.78, 5) is 37.8. The Morgan fingerprint density at radius 3 is 2.11 bits per heavy atom. The van der Waals surface area contributed by atoms with Crippen molar-refractivity contribution in [2.75, 3.05) is 34.0 Å². The molecule has 1 aromatic carbocycles. The molecule has 0 spiro atoms. The fourth-order valence-electron chi connectivity index (χ4n) is 4.89. The van der Waals surface area contributed by atoms with Crippen LogP contribution < -0.4 is 26.3 Å². The largest absolute Gasteiger partial charge is 0.493 e. The minimum absolute atomic E-state index is 0.0154. The second kappa shape index (κ2) is 18.9. The van der Waals surface area contributed by atoms with Crippen molar-refractivity contribution < 1.29 is 38.4 Å². The number of carbonyl (C=O) groups is 3. The standard InChI is InChI=1S/C34H59N3O8/c1-20(2)24(17-26(35)27(38)18-25(21(3)4)31(39)37-19-34(7,8)33(36)41)30(45-32(40)22(5)6)23-12-13-28(43-10)29(16-23)44-15-11-14-42-9/h12-13,16,20-22,24-27,30,38H,11,14-15,17-19,35H2,1-10H3,(H2,36,41)(H,37,39). The lowest BCUT2D eigenvalue weighted by Gasteiger charge is -2.35. The van der Waals surface area contributed by atoms with Gasteiger partial charge in [-0.15, -0.1) is 0 Å². The molecule has 0 bridgehead atoms. The molecule has 5 atom stereocenters. The molecule has 45 heavy (non-hydrogen) atoms. The molecular weight excluding hydrogens is 578 g/mol. The van der Waals surface area contributed by atoms with Crippen LogP contribution in [-0.2, 0) is 23.9 Å². The highest BCUT2D eigenvalue weighted by Crippen LogP contribution is 2.40. The summed E-state index contributed by atoms with van der Waals surface area (Å²) in [7, 11) is 3.20. The number of amides is 2. The lowest BCUT2D eigenvalue weighted by atomic mass is 9.79. The second-order valence-corrected chi connectivity index (χ2v) is 13.5. The molecule has 0 aliphatic rings. The zero-order valence-corrected chi connectivity index (χ0v) is 29.1. The first-order valence-electron chi connectivity index (χ1n) is 16.0. The van der Waals surface area contributed by atoms with Crippen LogP contribution in [0.2, 0.25) is 0 Å². The molecule has 0 radical (unpaired) electrons. The summed E-state index contributed by atoms with van der Waals surface area (Å²) in [5.74, 6) is -1.31. The van der Waals surface area contributed by atoms with Crippen molar-refractivity contribution in [3.05, 3.63) is 23.8 Å². The van der Waals surface area contributed by atoms with Crippen LogP contribution in [0.15, 0.2) is 18.2 Å². The van der Waals surface area contributed by atoms with Crippen LogP contribution in [0.4, 0.5) is 0 Å². The van der Waals surface area contributed by atoms with Crippen LogP contribution in [0.3, 0.4) is 0 Å². The number of rotatable bonds is 21. The van der Waals surface area contributed by atoms with Gasteiger partial charge in [-0.1, -0.05) is 47.6 Å². The van der Waals surface area contributed by atoms with Crippen LogP contribution >= 0.6 is 0 Å². The number of carbonyl (C=O) groups excluding carboxylic acids is 3. The summed E-state index contributed by atoms with van der Waals surface area (Å²) in [6.45, 7) is 15.8. The van der Waals surface area contributed by atoms with Crippen LogP contribution in [-0.4, -0.2) is 69.0 Å². The number of primary amides is 1. The Kier molecular flexibility index (Phi) is 16.9. The zero-order chi connectivity index (χ0) is 34.5. The zero-order valence-electron chi connectivity index (χ0n) is 29.1. The fourth-order valence-corrected chi connectivity index (χ4v) is 4.89. The number of aliphatic hydroxyl groups is 1. The lowest BCUT2D eigenvalue weighted by molar-refractivity contribution is -0.158. The highest BCUT2D eigenvalue weighted by Gasteiger charge is 2.36. The van der Waals surface area contributed by atoms with E-state index in [4.69, 9.17) is 30.4 Å². The SMILES string of the molecule is COCCCOc1cc(C(OC(=O)C(C)C)C(CC(N)C(O)CC(C(=O)NCC(C)(C)C(N)=O)C(C)C)C(C)C)ccc1OC. The number of hydrogen-bond acceptors (Lipinski definition) is 9. The molecule has 1 aromatic rings. The van der Waals surface area contributed by atoms with Gasteiger partial charge in [0, 0.05) is 44.6 Å². The number of benzene rings is 1. The number of hydrogen-bond donors (Lipinski definition) is 4. The van der Waals surface area contributed by atoms with E-state index in [1.54, 1.807) is 48.0 Å². The van der Waals surface area contributed by atoms with Crippen LogP contribution in [0.5, 0.6) is 11.5 Å². The quantitative estimate of drug-likeness (QED) is 0.115. The topological polar surface area (TPSA) is 172 Å². The van der Waals surface area contributed by atoms with Gasteiger partial charge in [0.05, 0.1) is 31.2 Å². The van der Waals surface area contributed by atoms with Crippen molar-refractivity contribution >= 4 is 17.8 Å². The number of methoxy groups -OCH3 is 2. The van der Waals surface area contributed by atoms with Gasteiger partial charge in [0.25, 0.3) is 0 Å². The molecule has 0 fully saturated rings. The molecule has 5 unspecified atom stereocenters. The van der Waals surface area contributed by atoms with Gasteiger partial charge in [0.15, 0.2) is 11.5 Å². The first kappa shape index (κ1) is 40.1. The molecule has 258 valence electrons. The molecule has 11 nitrogen and oxygen atoms in total. The Balaban J connectivity index is 3.28. The van der Waals surface area contributed by atoms with Gasteiger partial charge in [0.2, 0.25) is 11.8 Å². The lowest BCUT2D eigenvalue weighted by Crippen LogP contribution is -2.47. The van der Waals surface area contributed by atoms with E-state index in [2.05, 4.69) is 5.32 Å². The van der Waals surface area contributed by atoms with Gasteiger partial charge in [-0.3, -0.25) is 14.4 Å². The minimum atomic E-state index is -1.01. The van der Waals surface area contributed by atoms with Gasteiger partial charge in [0.1, 0.15) is 6.10 Å². The third kappa shape index (κ3) is 12.8. The maximum Gasteiger partial charge on any atom is 0.308 e. The van der Waals surface area contributed by atoms with Gasteiger partial charge < -0.3 is 40.8 Å². The Morgan fingerprint density at radius 2 is 1.60 bits per heavy atom. The highest BCUT2D eigenvalue weighted by molar-refractivity contribution is 5.83. The van der Waals surface area contributed by atoms with E-state index in [9.17, 15) is 19.5 Å². The monoisotopic (exact) mass is 637 g/mol. The number of esters is 1. The van der Waals surface area contributed by atoms with E-state index in [0.717, 1.165) is 5.56 Å². The van der Waals surface area contributed by atoms with E-state index in [1.165, 1.54) is 0 Å². The normalized spacial score (nSPS) is 15.4. The van der Waals surface area contributed by atoms with Crippen LogP contribution in [0.25, 0.3) is 0 Å². The van der Waals surface area contributed by atoms with Crippen molar-refractivity contribution in [2.45, 2.75) is 92.9 Å². The predicted molar refractivity (Wildman–Crippen MR) is 175 cm³/mol. The Morgan fingerprint density at radius 1 is 0.956 bits per heavy atom. The van der Waals surface area contributed by atoms with E-state index < -0.39 is 35.5 Å². The number of nitrogens with one attached hydrogen (secondary N) is 1. The fraction of sp³-hybridized carbons (Fsp3) is 0.735. The Hall–Kier alpha value is -2.89. The molecule has 0 aliphatic carbocycles. The van der Waals surface area contributed by atoms with Gasteiger partial charge in [-0.05, 0) is 56.2 Å². The average Bonchev–Trinajstić information content (AvgIpc) is 2.97. The van der Waals surface area contributed by atoms with E-state index in [1.807, 2.05) is 39.8 Å². The number of aliphatic hydroxyl groups excluding tert-OH is 1. The van der Waals surface area contributed by atoms with Crippen LogP contribution in [0.1, 0.15) is 86.3 Å². The average molecular weight is 638 g/mol.